The molecule has 0 radical (unpaired) electrons. The second-order valence-corrected chi connectivity index (χ2v) is 5.69. The summed E-state index contributed by atoms with van der Waals surface area (Å²) < 4.78 is 33.1. The standard InChI is InChI=1S/C18H22F2N4O.HI/c1-24(2)16(17-14(19)5-4-6-15(17)20)11-22-18(21)23-12-7-9-13(25-3)10-8-12;/h4-10,16H,11H2,1-3H3,(H3,21,22,23);1H. The molecule has 8 heteroatoms. The molecule has 0 aliphatic rings. The van der Waals surface area contributed by atoms with Crippen molar-refractivity contribution in [1.82, 2.24) is 4.90 Å². The minimum Gasteiger partial charge on any atom is -0.497 e. The summed E-state index contributed by atoms with van der Waals surface area (Å²) in [6, 6.07) is 10.4. The van der Waals surface area contributed by atoms with Crippen LogP contribution in [0.15, 0.2) is 47.5 Å². The van der Waals surface area contributed by atoms with Crippen LogP contribution in [-0.2, 0) is 0 Å². The Bertz CT molecular complexity index is 718. The minimum atomic E-state index is -0.601. The van der Waals surface area contributed by atoms with E-state index in [1.54, 1.807) is 50.4 Å². The first kappa shape index (κ1) is 22.1. The van der Waals surface area contributed by atoms with Crippen molar-refractivity contribution in [2.45, 2.75) is 6.04 Å². The van der Waals surface area contributed by atoms with E-state index in [1.165, 1.54) is 18.2 Å². The Morgan fingerprint density at radius 2 is 1.73 bits per heavy atom. The normalized spacial score (nSPS) is 12.5. The van der Waals surface area contributed by atoms with E-state index in [2.05, 4.69) is 10.3 Å². The van der Waals surface area contributed by atoms with Crippen LogP contribution < -0.4 is 15.8 Å². The molecule has 2 aromatic rings. The molecule has 0 heterocycles. The molecule has 0 aromatic heterocycles. The molecule has 1 atom stereocenters. The van der Waals surface area contributed by atoms with Crippen molar-refractivity contribution in [3.8, 4) is 5.75 Å². The van der Waals surface area contributed by atoms with Gasteiger partial charge in [-0.05, 0) is 50.5 Å². The van der Waals surface area contributed by atoms with Crippen LogP contribution in [0.4, 0.5) is 14.5 Å². The van der Waals surface area contributed by atoms with E-state index in [0.29, 0.717) is 0 Å². The van der Waals surface area contributed by atoms with Gasteiger partial charge in [-0.3, -0.25) is 4.99 Å². The van der Waals surface area contributed by atoms with Gasteiger partial charge in [0.1, 0.15) is 17.4 Å². The number of hydrogen-bond acceptors (Lipinski definition) is 3. The first-order valence-electron chi connectivity index (χ1n) is 7.73. The lowest BCUT2D eigenvalue weighted by molar-refractivity contribution is 0.290. The predicted molar refractivity (Wildman–Crippen MR) is 111 cm³/mol. The van der Waals surface area contributed by atoms with Crippen LogP contribution in [-0.4, -0.2) is 38.6 Å². The Morgan fingerprint density at radius 1 is 1.15 bits per heavy atom. The summed E-state index contributed by atoms with van der Waals surface area (Å²) in [5, 5.41) is 2.93. The monoisotopic (exact) mass is 476 g/mol. The molecule has 2 aromatic carbocycles. The molecule has 2 rings (SSSR count). The third kappa shape index (κ3) is 5.80. The summed E-state index contributed by atoms with van der Waals surface area (Å²) in [5.41, 5.74) is 6.60. The maximum Gasteiger partial charge on any atom is 0.193 e. The van der Waals surface area contributed by atoms with Crippen LogP contribution >= 0.6 is 24.0 Å². The quantitative estimate of drug-likeness (QED) is 0.380. The van der Waals surface area contributed by atoms with Crippen molar-refractivity contribution >= 4 is 35.6 Å². The number of nitrogens with one attached hydrogen (secondary N) is 1. The second kappa shape index (κ2) is 10.3. The van der Waals surface area contributed by atoms with Gasteiger partial charge in [0, 0.05) is 11.3 Å². The van der Waals surface area contributed by atoms with Crippen molar-refractivity contribution in [3.05, 3.63) is 59.7 Å². The van der Waals surface area contributed by atoms with E-state index in [1.807, 2.05) is 0 Å². The highest BCUT2D eigenvalue weighted by Gasteiger charge is 2.21. The van der Waals surface area contributed by atoms with Gasteiger partial charge < -0.3 is 20.7 Å². The number of aliphatic imine (C=N–C) groups is 1. The smallest absolute Gasteiger partial charge is 0.193 e. The fraction of sp³-hybridized carbons (Fsp3) is 0.278. The second-order valence-electron chi connectivity index (χ2n) is 5.69. The maximum absolute atomic E-state index is 14.0. The molecule has 142 valence electrons. The zero-order valence-electron chi connectivity index (χ0n) is 14.9. The average Bonchev–Trinajstić information content (AvgIpc) is 2.57. The summed E-state index contributed by atoms with van der Waals surface area (Å²) in [5.74, 6) is -0.316. The van der Waals surface area contributed by atoms with Gasteiger partial charge in [-0.15, -0.1) is 24.0 Å². The van der Waals surface area contributed by atoms with Gasteiger partial charge in [-0.2, -0.15) is 0 Å². The van der Waals surface area contributed by atoms with Gasteiger partial charge in [-0.1, -0.05) is 6.07 Å². The van der Waals surface area contributed by atoms with Crippen LogP contribution in [0, 0.1) is 11.6 Å². The van der Waals surface area contributed by atoms with E-state index >= 15 is 0 Å². The van der Waals surface area contributed by atoms with E-state index < -0.39 is 17.7 Å². The highest BCUT2D eigenvalue weighted by Crippen LogP contribution is 2.24. The Balaban J connectivity index is 0.00000338. The summed E-state index contributed by atoms with van der Waals surface area (Å²) in [6.45, 7) is 0.111. The van der Waals surface area contributed by atoms with Crippen LogP contribution in [0.2, 0.25) is 0 Å². The maximum atomic E-state index is 14.0. The van der Waals surface area contributed by atoms with E-state index in [0.717, 1.165) is 11.4 Å². The average molecular weight is 476 g/mol. The highest BCUT2D eigenvalue weighted by molar-refractivity contribution is 14.0. The summed E-state index contributed by atoms with van der Waals surface area (Å²) >= 11 is 0. The van der Waals surface area contributed by atoms with Gasteiger partial charge in [-0.25, -0.2) is 8.78 Å². The molecule has 0 aliphatic carbocycles. The SMILES string of the molecule is COc1ccc(NC(N)=NCC(c2c(F)cccc2F)N(C)C)cc1.I. The van der Waals surface area contributed by atoms with Gasteiger partial charge >= 0.3 is 0 Å². The Hall–Kier alpha value is -1.94. The molecule has 5 nitrogen and oxygen atoms in total. The number of anilines is 1. The fourth-order valence-electron chi connectivity index (χ4n) is 2.39. The lowest BCUT2D eigenvalue weighted by atomic mass is 10.0. The summed E-state index contributed by atoms with van der Waals surface area (Å²) in [6.07, 6.45) is 0. The Kier molecular flexibility index (Phi) is 8.73. The molecule has 0 fully saturated rings. The third-order valence-electron chi connectivity index (χ3n) is 3.75. The number of methoxy groups -OCH3 is 1. The number of guanidine groups is 1. The molecule has 26 heavy (non-hydrogen) atoms. The number of benzene rings is 2. The van der Waals surface area contributed by atoms with Crippen LogP contribution in [0.1, 0.15) is 11.6 Å². The number of hydrogen-bond donors (Lipinski definition) is 2. The van der Waals surface area contributed by atoms with Crippen LogP contribution in [0.5, 0.6) is 5.75 Å². The first-order valence-corrected chi connectivity index (χ1v) is 7.73. The van der Waals surface area contributed by atoms with Crippen LogP contribution in [0.25, 0.3) is 0 Å². The summed E-state index contributed by atoms with van der Waals surface area (Å²) in [4.78, 5) is 5.92. The summed E-state index contributed by atoms with van der Waals surface area (Å²) in [7, 11) is 5.06. The molecule has 3 N–H and O–H groups in total. The number of halogens is 3. The molecule has 0 amide bonds. The molecule has 0 saturated carbocycles. The minimum absolute atomic E-state index is 0. The Morgan fingerprint density at radius 3 is 2.23 bits per heavy atom. The number of nitrogens with two attached hydrogens (primary N) is 1. The molecular formula is C18H23F2IN4O. The van der Waals surface area contributed by atoms with Crippen molar-refractivity contribution in [2.24, 2.45) is 10.7 Å². The number of likely N-dealkylation sites (N-methyl/N-ethyl adjacent to an activating group) is 1. The van der Waals surface area contributed by atoms with Crippen LogP contribution in [0.3, 0.4) is 0 Å². The molecule has 0 bridgehead atoms. The zero-order chi connectivity index (χ0) is 18.4. The molecular weight excluding hydrogens is 453 g/mol. The molecule has 0 aliphatic heterocycles. The third-order valence-corrected chi connectivity index (χ3v) is 3.75. The highest BCUT2D eigenvalue weighted by atomic mass is 127. The van der Waals surface area contributed by atoms with Crippen molar-refractivity contribution < 1.29 is 13.5 Å². The van der Waals surface area contributed by atoms with E-state index in [9.17, 15) is 8.78 Å². The van der Waals surface area contributed by atoms with E-state index in [-0.39, 0.29) is 42.0 Å². The van der Waals surface area contributed by atoms with Gasteiger partial charge in [0.25, 0.3) is 0 Å². The van der Waals surface area contributed by atoms with Crippen molar-refractivity contribution in [3.63, 3.8) is 0 Å². The van der Waals surface area contributed by atoms with Crippen molar-refractivity contribution in [1.29, 1.82) is 0 Å². The van der Waals surface area contributed by atoms with Gasteiger partial charge in [0.15, 0.2) is 5.96 Å². The van der Waals surface area contributed by atoms with E-state index in [4.69, 9.17) is 10.5 Å². The molecule has 0 spiro atoms. The Labute approximate surface area is 169 Å². The molecule has 0 saturated heterocycles. The fourth-order valence-corrected chi connectivity index (χ4v) is 2.39. The number of ether oxygens (including phenoxy) is 1. The zero-order valence-corrected chi connectivity index (χ0v) is 17.2. The van der Waals surface area contributed by atoms with Crippen molar-refractivity contribution in [2.75, 3.05) is 33.1 Å². The van der Waals surface area contributed by atoms with Gasteiger partial charge in [0.05, 0.1) is 19.7 Å². The molecule has 1 unspecified atom stereocenters. The lowest BCUT2D eigenvalue weighted by Crippen LogP contribution is -2.28. The lowest BCUT2D eigenvalue weighted by Gasteiger charge is -2.24. The number of nitrogens with zero attached hydrogens (tertiary/aromatic N) is 2. The number of rotatable bonds is 6. The topological polar surface area (TPSA) is 62.9 Å². The predicted octanol–water partition coefficient (Wildman–Crippen LogP) is 3.62. The first-order chi connectivity index (χ1) is 11.9. The largest absolute Gasteiger partial charge is 0.497 e. The van der Waals surface area contributed by atoms with Gasteiger partial charge in [0.2, 0.25) is 0 Å².